The maximum absolute atomic E-state index is 13.6. The van der Waals surface area contributed by atoms with Crippen molar-refractivity contribution in [2.24, 2.45) is 0 Å². The van der Waals surface area contributed by atoms with E-state index in [1.165, 1.54) is 13.2 Å². The summed E-state index contributed by atoms with van der Waals surface area (Å²) in [6.07, 6.45) is 1.05. The molecule has 0 radical (unpaired) electrons. The molecule has 0 spiro atoms. The van der Waals surface area contributed by atoms with Gasteiger partial charge in [-0.3, -0.25) is 0 Å². The Kier molecular flexibility index (Phi) is 8.68. The van der Waals surface area contributed by atoms with Gasteiger partial charge in [0.1, 0.15) is 19.3 Å². The number of rotatable bonds is 9. The van der Waals surface area contributed by atoms with E-state index in [1.54, 1.807) is 0 Å². The first-order valence-electron chi connectivity index (χ1n) is 11.9. The number of urea groups is 1. The van der Waals surface area contributed by atoms with Crippen LogP contribution in [0.1, 0.15) is 30.0 Å². The monoisotopic (exact) mass is 504 g/mol. The van der Waals surface area contributed by atoms with Crippen LogP contribution in [-0.2, 0) is 21.1 Å². The first-order chi connectivity index (χ1) is 17.5. The number of hydrogen-bond acceptors (Lipinski definition) is 7. The first kappa shape index (κ1) is 25.8. The molecule has 4 rings (SSSR count). The average molecular weight is 505 g/mol. The van der Waals surface area contributed by atoms with Crippen molar-refractivity contribution in [1.29, 1.82) is 0 Å². The van der Waals surface area contributed by atoms with Crippen LogP contribution in [0.15, 0.2) is 42.5 Å². The number of imide groups is 1. The van der Waals surface area contributed by atoms with Crippen LogP contribution in [0, 0.1) is 11.6 Å². The Bertz CT molecular complexity index is 1060. The van der Waals surface area contributed by atoms with Crippen LogP contribution < -0.4 is 15.5 Å². The zero-order chi connectivity index (χ0) is 25.5. The first-order valence-corrected chi connectivity index (χ1v) is 11.9. The topological polar surface area (TPSA) is 92.4 Å². The van der Waals surface area contributed by atoms with E-state index in [-0.39, 0.29) is 12.2 Å². The molecule has 3 amide bonds. The van der Waals surface area contributed by atoms with Gasteiger partial charge in [-0.05, 0) is 36.6 Å². The molecule has 2 aliphatic heterocycles. The Balaban J connectivity index is 1.22. The van der Waals surface area contributed by atoms with Gasteiger partial charge in [0.25, 0.3) is 0 Å². The van der Waals surface area contributed by atoms with Crippen molar-refractivity contribution in [3.63, 3.8) is 0 Å². The standard InChI is InChI=1S/C25H30F2N4O5/c1-34-36-15-18-4-2-3-5-22(18)30-12-8-19(9-13-30)28-10-11-29-24(32)31-23(16-35-25(31)33)17-6-7-20(26)21(27)14-17/h2-7,14,19,23,28H,8-13,15-16H2,1H3,(H,29,32). The van der Waals surface area contributed by atoms with Crippen LogP contribution in [0.4, 0.5) is 24.1 Å². The summed E-state index contributed by atoms with van der Waals surface area (Å²) in [6, 6.07) is 10.2. The molecule has 2 fully saturated rings. The van der Waals surface area contributed by atoms with Gasteiger partial charge < -0.3 is 20.3 Å². The van der Waals surface area contributed by atoms with Gasteiger partial charge in [-0.25, -0.2) is 33.0 Å². The molecular formula is C25H30F2N4O5. The lowest BCUT2D eigenvalue weighted by molar-refractivity contribution is -0.282. The Morgan fingerprint density at radius 2 is 1.89 bits per heavy atom. The minimum atomic E-state index is -1.05. The Morgan fingerprint density at radius 1 is 1.11 bits per heavy atom. The quantitative estimate of drug-likeness (QED) is 0.307. The number of cyclic esters (lactones) is 1. The summed E-state index contributed by atoms with van der Waals surface area (Å²) in [5.74, 6) is -2.05. The summed E-state index contributed by atoms with van der Waals surface area (Å²) in [5.41, 5.74) is 2.49. The van der Waals surface area contributed by atoms with E-state index in [1.807, 2.05) is 18.2 Å². The molecule has 2 N–H and O–H groups in total. The molecule has 9 nitrogen and oxygen atoms in total. The fourth-order valence-corrected chi connectivity index (χ4v) is 4.53. The van der Waals surface area contributed by atoms with Gasteiger partial charge in [-0.2, -0.15) is 0 Å². The van der Waals surface area contributed by atoms with Gasteiger partial charge in [0.05, 0.1) is 7.11 Å². The molecule has 2 aromatic rings. The molecule has 2 aromatic carbocycles. The number of amides is 3. The van der Waals surface area contributed by atoms with Crippen LogP contribution in [-0.4, -0.2) is 63.0 Å². The number of piperidine rings is 1. The fraction of sp³-hybridized carbons (Fsp3) is 0.440. The number of para-hydroxylation sites is 1. The molecule has 194 valence electrons. The number of anilines is 1. The molecule has 0 aliphatic carbocycles. The molecule has 0 aromatic heterocycles. The Hall–Kier alpha value is -3.28. The Morgan fingerprint density at radius 3 is 2.64 bits per heavy atom. The van der Waals surface area contributed by atoms with Crippen molar-refractivity contribution >= 4 is 17.8 Å². The highest BCUT2D eigenvalue weighted by Gasteiger charge is 2.39. The van der Waals surface area contributed by atoms with Crippen LogP contribution in [0.5, 0.6) is 0 Å². The van der Waals surface area contributed by atoms with Crippen molar-refractivity contribution in [2.45, 2.75) is 31.5 Å². The maximum atomic E-state index is 13.6. The molecule has 11 heteroatoms. The number of nitrogens with zero attached hydrogens (tertiary/aromatic N) is 2. The second kappa shape index (κ2) is 12.1. The molecule has 0 saturated carbocycles. The van der Waals surface area contributed by atoms with Gasteiger partial charge in [-0.15, -0.1) is 0 Å². The number of carbonyl (C=O) groups excluding carboxylic acids is 2. The number of hydrogen-bond donors (Lipinski definition) is 2. The van der Waals surface area contributed by atoms with Crippen molar-refractivity contribution in [1.82, 2.24) is 15.5 Å². The van der Waals surface area contributed by atoms with E-state index in [0.717, 1.165) is 54.2 Å². The minimum Gasteiger partial charge on any atom is -0.446 e. The van der Waals surface area contributed by atoms with Crippen molar-refractivity contribution in [2.75, 3.05) is 44.8 Å². The Labute approximate surface area is 208 Å². The van der Waals surface area contributed by atoms with E-state index >= 15 is 0 Å². The molecule has 2 heterocycles. The van der Waals surface area contributed by atoms with Crippen LogP contribution in [0.2, 0.25) is 0 Å². The third-order valence-electron chi connectivity index (χ3n) is 6.41. The van der Waals surface area contributed by atoms with E-state index in [4.69, 9.17) is 14.5 Å². The van der Waals surface area contributed by atoms with Crippen molar-refractivity contribution in [3.05, 3.63) is 65.2 Å². The summed E-state index contributed by atoms with van der Waals surface area (Å²) in [4.78, 5) is 37.8. The summed E-state index contributed by atoms with van der Waals surface area (Å²) in [5, 5.41) is 6.15. The zero-order valence-corrected chi connectivity index (χ0v) is 20.0. The number of benzene rings is 2. The molecule has 2 aliphatic rings. The molecule has 0 bridgehead atoms. The van der Waals surface area contributed by atoms with E-state index < -0.39 is 29.8 Å². The SMILES string of the molecule is COOCc1ccccc1N1CCC(NCCNC(=O)N2C(=O)OCC2c2ccc(F)c(F)c2)CC1. The predicted octanol–water partition coefficient (Wildman–Crippen LogP) is 3.50. The van der Waals surface area contributed by atoms with Crippen LogP contribution in [0.3, 0.4) is 0 Å². The summed E-state index contributed by atoms with van der Waals surface area (Å²) in [6.45, 7) is 2.84. The predicted molar refractivity (Wildman–Crippen MR) is 127 cm³/mol. The van der Waals surface area contributed by atoms with Gasteiger partial charge in [-0.1, -0.05) is 24.3 Å². The molecule has 2 saturated heterocycles. The van der Waals surface area contributed by atoms with Gasteiger partial charge in [0.2, 0.25) is 0 Å². The third kappa shape index (κ3) is 6.10. The lowest BCUT2D eigenvalue weighted by Crippen LogP contribution is -2.47. The molecule has 36 heavy (non-hydrogen) atoms. The largest absolute Gasteiger partial charge is 0.446 e. The van der Waals surface area contributed by atoms with Crippen LogP contribution in [0.25, 0.3) is 0 Å². The van der Waals surface area contributed by atoms with Crippen LogP contribution >= 0.6 is 0 Å². The minimum absolute atomic E-state index is 0.116. The summed E-state index contributed by atoms with van der Waals surface area (Å²) in [7, 11) is 1.49. The number of ether oxygens (including phenoxy) is 1. The van der Waals surface area contributed by atoms with E-state index in [9.17, 15) is 18.4 Å². The van der Waals surface area contributed by atoms with E-state index in [2.05, 4.69) is 21.6 Å². The lowest BCUT2D eigenvalue weighted by atomic mass is 10.0. The van der Waals surface area contributed by atoms with Crippen molar-refractivity contribution < 1.29 is 32.9 Å². The zero-order valence-electron chi connectivity index (χ0n) is 20.0. The van der Waals surface area contributed by atoms with Crippen molar-refractivity contribution in [3.8, 4) is 0 Å². The second-order valence-corrected chi connectivity index (χ2v) is 8.64. The fourth-order valence-electron chi connectivity index (χ4n) is 4.53. The van der Waals surface area contributed by atoms with E-state index in [0.29, 0.717) is 25.7 Å². The van der Waals surface area contributed by atoms with Gasteiger partial charge >= 0.3 is 12.1 Å². The summed E-state index contributed by atoms with van der Waals surface area (Å²) < 4.78 is 31.9. The second-order valence-electron chi connectivity index (χ2n) is 8.64. The molecular weight excluding hydrogens is 474 g/mol. The number of nitrogens with one attached hydrogen (secondary N) is 2. The maximum Gasteiger partial charge on any atom is 0.418 e. The lowest BCUT2D eigenvalue weighted by Gasteiger charge is -2.35. The molecule has 1 unspecified atom stereocenters. The smallest absolute Gasteiger partial charge is 0.418 e. The highest BCUT2D eigenvalue weighted by molar-refractivity contribution is 5.92. The number of carbonyl (C=O) groups is 2. The third-order valence-corrected chi connectivity index (χ3v) is 6.41. The van der Waals surface area contributed by atoms with Gasteiger partial charge in [0, 0.05) is 43.5 Å². The van der Waals surface area contributed by atoms with Gasteiger partial charge in [0.15, 0.2) is 11.6 Å². The normalized spacial score (nSPS) is 18.4. The molecule has 1 atom stereocenters. The highest BCUT2D eigenvalue weighted by Crippen LogP contribution is 2.29. The summed E-state index contributed by atoms with van der Waals surface area (Å²) >= 11 is 0. The highest BCUT2D eigenvalue weighted by atomic mass is 19.2. The number of halogens is 2. The average Bonchev–Trinajstić information content (AvgIpc) is 3.29.